The Kier molecular flexibility index (Phi) is 2.53. The Bertz CT molecular complexity index is 443. The zero-order valence-electron chi connectivity index (χ0n) is 10.7. The molecule has 2 atom stereocenters. The molecule has 2 aliphatic rings. The van der Waals surface area contributed by atoms with E-state index in [1.165, 1.54) is 17.5 Å². The summed E-state index contributed by atoms with van der Waals surface area (Å²) in [6.45, 7) is 6.48. The SMILES string of the molecule is Cc1cccc(C2(O)CCN3CCCC32)c1C. The molecule has 17 heavy (non-hydrogen) atoms. The average Bonchev–Trinajstić information content (AvgIpc) is 2.88. The Balaban J connectivity index is 2.05. The Hall–Kier alpha value is -0.860. The van der Waals surface area contributed by atoms with Gasteiger partial charge in [0.05, 0.1) is 0 Å². The molecule has 2 aliphatic heterocycles. The lowest BCUT2D eigenvalue weighted by molar-refractivity contribution is 0.00877. The molecule has 0 radical (unpaired) electrons. The predicted octanol–water partition coefficient (Wildman–Crippen LogP) is 2.36. The highest BCUT2D eigenvalue weighted by atomic mass is 16.3. The lowest BCUT2D eigenvalue weighted by Gasteiger charge is -2.32. The number of aliphatic hydroxyl groups is 1. The molecule has 1 aromatic rings. The molecular formula is C15H21NO. The summed E-state index contributed by atoms with van der Waals surface area (Å²) in [7, 11) is 0. The summed E-state index contributed by atoms with van der Waals surface area (Å²) < 4.78 is 0. The first kappa shape index (κ1) is 11.2. The fourth-order valence-corrected chi connectivity index (χ4v) is 3.65. The van der Waals surface area contributed by atoms with Gasteiger partial charge in [0.15, 0.2) is 0 Å². The number of aryl methyl sites for hydroxylation is 1. The van der Waals surface area contributed by atoms with Crippen molar-refractivity contribution in [1.29, 1.82) is 0 Å². The van der Waals surface area contributed by atoms with E-state index in [9.17, 15) is 5.11 Å². The van der Waals surface area contributed by atoms with Crippen LogP contribution in [0.15, 0.2) is 18.2 Å². The molecule has 1 N–H and O–H groups in total. The van der Waals surface area contributed by atoms with E-state index in [0.717, 1.165) is 31.5 Å². The van der Waals surface area contributed by atoms with Crippen LogP contribution in [0.3, 0.4) is 0 Å². The molecule has 0 bridgehead atoms. The number of rotatable bonds is 1. The van der Waals surface area contributed by atoms with E-state index in [1.807, 2.05) is 0 Å². The molecule has 0 spiro atoms. The lowest BCUT2D eigenvalue weighted by atomic mass is 9.82. The molecule has 0 amide bonds. The Morgan fingerprint density at radius 2 is 2.12 bits per heavy atom. The fourth-order valence-electron chi connectivity index (χ4n) is 3.65. The molecule has 92 valence electrons. The Morgan fingerprint density at radius 1 is 1.29 bits per heavy atom. The molecule has 0 aliphatic carbocycles. The van der Waals surface area contributed by atoms with Crippen LogP contribution in [0.25, 0.3) is 0 Å². The summed E-state index contributed by atoms with van der Waals surface area (Å²) in [5.41, 5.74) is 3.11. The molecule has 2 saturated heterocycles. The van der Waals surface area contributed by atoms with Gasteiger partial charge in [0.25, 0.3) is 0 Å². The van der Waals surface area contributed by atoms with Crippen LogP contribution >= 0.6 is 0 Å². The predicted molar refractivity (Wildman–Crippen MR) is 69.0 cm³/mol. The summed E-state index contributed by atoms with van der Waals surface area (Å²) in [6.07, 6.45) is 3.27. The molecule has 2 nitrogen and oxygen atoms in total. The Labute approximate surface area is 103 Å². The van der Waals surface area contributed by atoms with Crippen molar-refractivity contribution in [3.05, 3.63) is 34.9 Å². The van der Waals surface area contributed by atoms with Crippen LogP contribution in [0.4, 0.5) is 0 Å². The van der Waals surface area contributed by atoms with E-state index in [1.54, 1.807) is 0 Å². The van der Waals surface area contributed by atoms with Crippen LogP contribution in [-0.2, 0) is 5.60 Å². The normalized spacial score (nSPS) is 33.0. The van der Waals surface area contributed by atoms with Crippen molar-refractivity contribution in [3.8, 4) is 0 Å². The van der Waals surface area contributed by atoms with Crippen molar-refractivity contribution in [2.24, 2.45) is 0 Å². The third-order valence-corrected chi connectivity index (χ3v) is 4.77. The van der Waals surface area contributed by atoms with E-state index < -0.39 is 5.60 Å². The van der Waals surface area contributed by atoms with Crippen molar-refractivity contribution in [1.82, 2.24) is 4.90 Å². The summed E-state index contributed by atoms with van der Waals surface area (Å²) >= 11 is 0. The molecule has 2 heterocycles. The summed E-state index contributed by atoms with van der Waals surface area (Å²) in [6, 6.07) is 6.67. The van der Waals surface area contributed by atoms with Gasteiger partial charge in [0.1, 0.15) is 5.60 Å². The highest BCUT2D eigenvalue weighted by molar-refractivity contribution is 5.39. The fraction of sp³-hybridized carbons (Fsp3) is 0.600. The van der Waals surface area contributed by atoms with E-state index in [-0.39, 0.29) is 0 Å². The van der Waals surface area contributed by atoms with Crippen molar-refractivity contribution in [2.45, 2.75) is 44.8 Å². The maximum Gasteiger partial charge on any atom is 0.107 e. The zero-order chi connectivity index (χ0) is 12.0. The van der Waals surface area contributed by atoms with E-state index in [2.05, 4.69) is 36.9 Å². The molecule has 0 saturated carbocycles. The number of hydrogen-bond donors (Lipinski definition) is 1. The highest BCUT2D eigenvalue weighted by Crippen LogP contribution is 2.44. The summed E-state index contributed by atoms with van der Waals surface area (Å²) in [5.74, 6) is 0. The van der Waals surface area contributed by atoms with Crippen LogP contribution in [0.1, 0.15) is 36.0 Å². The first-order valence-corrected chi connectivity index (χ1v) is 6.66. The van der Waals surface area contributed by atoms with Gasteiger partial charge < -0.3 is 5.11 Å². The minimum absolute atomic E-state index is 0.350. The monoisotopic (exact) mass is 231 g/mol. The van der Waals surface area contributed by atoms with Crippen molar-refractivity contribution < 1.29 is 5.11 Å². The zero-order valence-corrected chi connectivity index (χ0v) is 10.7. The minimum Gasteiger partial charge on any atom is -0.383 e. The molecule has 2 fully saturated rings. The van der Waals surface area contributed by atoms with Crippen LogP contribution in [-0.4, -0.2) is 29.1 Å². The van der Waals surface area contributed by atoms with Crippen LogP contribution in [0, 0.1) is 13.8 Å². The third kappa shape index (κ3) is 1.54. The van der Waals surface area contributed by atoms with Gasteiger partial charge in [-0.2, -0.15) is 0 Å². The summed E-state index contributed by atoms with van der Waals surface area (Å²) in [4.78, 5) is 2.46. The van der Waals surface area contributed by atoms with Gasteiger partial charge in [0.2, 0.25) is 0 Å². The van der Waals surface area contributed by atoms with Crippen LogP contribution < -0.4 is 0 Å². The van der Waals surface area contributed by atoms with Gasteiger partial charge in [-0.05, 0) is 56.3 Å². The number of hydrogen-bond acceptors (Lipinski definition) is 2. The van der Waals surface area contributed by atoms with Crippen molar-refractivity contribution >= 4 is 0 Å². The number of fused-ring (bicyclic) bond motifs is 1. The second kappa shape index (κ2) is 3.82. The lowest BCUT2D eigenvalue weighted by Crippen LogP contribution is -2.39. The molecule has 3 rings (SSSR count). The van der Waals surface area contributed by atoms with Gasteiger partial charge in [-0.1, -0.05) is 18.2 Å². The van der Waals surface area contributed by atoms with E-state index in [0.29, 0.717) is 6.04 Å². The van der Waals surface area contributed by atoms with E-state index >= 15 is 0 Å². The smallest absolute Gasteiger partial charge is 0.107 e. The minimum atomic E-state index is -0.605. The first-order valence-electron chi connectivity index (χ1n) is 6.66. The maximum atomic E-state index is 11.1. The van der Waals surface area contributed by atoms with Gasteiger partial charge >= 0.3 is 0 Å². The van der Waals surface area contributed by atoms with Crippen molar-refractivity contribution in [2.75, 3.05) is 13.1 Å². The van der Waals surface area contributed by atoms with Gasteiger partial charge in [-0.3, -0.25) is 4.90 Å². The molecule has 0 aromatic heterocycles. The summed E-state index contributed by atoms with van der Waals surface area (Å²) in [5, 5.41) is 11.1. The number of nitrogens with zero attached hydrogens (tertiary/aromatic N) is 1. The molecular weight excluding hydrogens is 210 g/mol. The standard InChI is InChI=1S/C15H21NO/c1-11-5-3-6-13(12(11)2)15(17)8-10-16-9-4-7-14(15)16/h3,5-6,14,17H,4,7-10H2,1-2H3. The third-order valence-electron chi connectivity index (χ3n) is 4.77. The molecule has 2 unspecified atom stereocenters. The Morgan fingerprint density at radius 3 is 2.94 bits per heavy atom. The second-order valence-corrected chi connectivity index (χ2v) is 5.62. The van der Waals surface area contributed by atoms with E-state index in [4.69, 9.17) is 0 Å². The van der Waals surface area contributed by atoms with Crippen molar-refractivity contribution in [3.63, 3.8) is 0 Å². The molecule has 1 aromatic carbocycles. The van der Waals surface area contributed by atoms with Gasteiger partial charge in [-0.15, -0.1) is 0 Å². The topological polar surface area (TPSA) is 23.5 Å². The highest BCUT2D eigenvalue weighted by Gasteiger charge is 2.49. The van der Waals surface area contributed by atoms with Gasteiger partial charge in [-0.25, -0.2) is 0 Å². The second-order valence-electron chi connectivity index (χ2n) is 5.62. The maximum absolute atomic E-state index is 11.1. The largest absolute Gasteiger partial charge is 0.383 e. The quantitative estimate of drug-likeness (QED) is 0.802. The average molecular weight is 231 g/mol. The first-order chi connectivity index (χ1) is 8.13. The van der Waals surface area contributed by atoms with Gasteiger partial charge in [0, 0.05) is 12.6 Å². The number of benzene rings is 1. The van der Waals surface area contributed by atoms with Crippen LogP contribution in [0.5, 0.6) is 0 Å². The molecule has 2 heteroatoms. The van der Waals surface area contributed by atoms with Crippen LogP contribution in [0.2, 0.25) is 0 Å².